The number of aromatic nitrogens is 2. The van der Waals surface area contributed by atoms with Crippen LogP contribution in [0.2, 0.25) is 0 Å². The van der Waals surface area contributed by atoms with E-state index in [-0.39, 0.29) is 5.82 Å². The van der Waals surface area contributed by atoms with Crippen molar-refractivity contribution in [1.82, 2.24) is 8.96 Å². The number of hydrogen-bond acceptors (Lipinski definition) is 2. The Hall–Kier alpha value is -0.780. The fourth-order valence-electron chi connectivity index (χ4n) is 0.547. The van der Waals surface area contributed by atoms with Crippen molar-refractivity contribution in [2.45, 2.75) is 6.67 Å². The van der Waals surface area contributed by atoms with Crippen LogP contribution >= 0.6 is 0 Å². The van der Waals surface area contributed by atoms with E-state index in [1.54, 1.807) is 0 Å². The molecule has 1 unspecified atom stereocenters. The first-order chi connectivity index (χ1) is 4.75. The minimum atomic E-state index is -2.70. The Morgan fingerprint density at radius 2 is 2.50 bits per heavy atom. The van der Waals surface area contributed by atoms with Crippen LogP contribution in [0.1, 0.15) is 5.82 Å². The van der Waals surface area contributed by atoms with E-state index in [0.29, 0.717) is 3.97 Å². The summed E-state index contributed by atoms with van der Waals surface area (Å²) in [5.74, 6) is -0.166. The second-order valence-electron chi connectivity index (χ2n) is 1.51. The Labute approximate surface area is 58.6 Å². The van der Waals surface area contributed by atoms with Crippen molar-refractivity contribution in [2.75, 3.05) is 0 Å². The Morgan fingerprint density at radius 3 is 2.90 bits per heavy atom. The number of nitrogens with zero attached hydrogens (tertiary/aromatic N) is 2. The first-order valence-corrected chi connectivity index (χ1v) is 3.43. The first-order valence-electron chi connectivity index (χ1n) is 2.42. The van der Waals surface area contributed by atoms with Gasteiger partial charge in [0.25, 0.3) is 0 Å². The summed E-state index contributed by atoms with van der Waals surface area (Å²) in [4.78, 5) is 3.41. The highest BCUT2D eigenvalue weighted by Crippen LogP contribution is 2.01. The van der Waals surface area contributed by atoms with Gasteiger partial charge in [0.2, 0.25) is 0 Å². The Bertz CT molecular complexity index is 249. The van der Waals surface area contributed by atoms with Gasteiger partial charge in [-0.3, -0.25) is 0 Å². The Balaban J connectivity index is 3.01. The molecule has 0 spiro atoms. The van der Waals surface area contributed by atoms with Gasteiger partial charge < -0.3 is 0 Å². The molecule has 0 aromatic carbocycles. The minimum absolute atomic E-state index is 0.166. The molecule has 1 atom stereocenters. The van der Waals surface area contributed by atoms with E-state index in [9.17, 15) is 12.5 Å². The lowest BCUT2D eigenvalue weighted by Gasteiger charge is -1.93. The van der Waals surface area contributed by atoms with Crippen LogP contribution in [0.3, 0.4) is 0 Å². The molecule has 0 N–H and O–H groups in total. The predicted octanol–water partition coefficient (Wildman–Crippen LogP) is 0.749. The van der Waals surface area contributed by atoms with Gasteiger partial charge >= 0.3 is 11.4 Å². The molecule has 10 heavy (non-hydrogen) atoms. The largest absolute Gasteiger partial charge is 0.309 e. The molecule has 0 saturated carbocycles. The smallest absolute Gasteiger partial charge is 0.242 e. The number of hydrogen-bond donors (Lipinski definition) is 0. The maximum absolute atomic E-state index is 11.9. The third-order valence-electron chi connectivity index (χ3n) is 0.954. The van der Waals surface area contributed by atoms with Crippen molar-refractivity contribution in [1.29, 1.82) is 0 Å². The maximum Gasteiger partial charge on any atom is 0.309 e. The average molecular weight is 166 g/mol. The molecule has 1 aromatic rings. The fourth-order valence-corrected chi connectivity index (χ4v) is 0.959. The topological polar surface area (TPSA) is 34.9 Å². The Kier molecular flexibility index (Phi) is 2.10. The Morgan fingerprint density at radius 1 is 1.80 bits per heavy atom. The molecule has 6 heteroatoms. The van der Waals surface area contributed by atoms with Gasteiger partial charge in [-0.15, -0.1) is 3.89 Å². The molecule has 1 heterocycles. The van der Waals surface area contributed by atoms with Crippen LogP contribution in [0.4, 0.5) is 8.28 Å². The molecule has 0 fully saturated rings. The summed E-state index contributed by atoms with van der Waals surface area (Å²) < 4.78 is 34.5. The van der Waals surface area contributed by atoms with Gasteiger partial charge in [-0.05, 0) is 0 Å². The second-order valence-corrected chi connectivity index (χ2v) is 2.32. The molecular formula is C4H4F2N2OS. The van der Waals surface area contributed by atoms with Crippen LogP contribution in [-0.4, -0.2) is 13.2 Å². The molecule has 3 nitrogen and oxygen atoms in total. The van der Waals surface area contributed by atoms with Crippen molar-refractivity contribution in [3.8, 4) is 0 Å². The van der Waals surface area contributed by atoms with Crippen molar-refractivity contribution in [3.05, 3.63) is 18.2 Å². The van der Waals surface area contributed by atoms with E-state index in [1.165, 1.54) is 6.20 Å². The molecule has 0 aliphatic heterocycles. The van der Waals surface area contributed by atoms with Crippen LogP contribution in [-0.2, 0) is 18.0 Å². The van der Waals surface area contributed by atoms with Crippen LogP contribution < -0.4 is 0 Å². The van der Waals surface area contributed by atoms with Crippen LogP contribution in [0.25, 0.3) is 0 Å². The number of imidazole rings is 1. The molecule has 0 bridgehead atoms. The molecular weight excluding hydrogens is 162 g/mol. The highest BCUT2D eigenvalue weighted by molar-refractivity contribution is 7.78. The first kappa shape index (κ1) is 7.33. The summed E-state index contributed by atoms with van der Waals surface area (Å²) in [7, 11) is 0. The maximum atomic E-state index is 11.9. The van der Waals surface area contributed by atoms with E-state index in [4.69, 9.17) is 0 Å². The van der Waals surface area contributed by atoms with Crippen molar-refractivity contribution >= 4 is 11.4 Å². The molecule has 0 aliphatic rings. The predicted molar refractivity (Wildman–Crippen MR) is 31.7 cm³/mol. The molecule has 1 aromatic heterocycles. The second kappa shape index (κ2) is 2.87. The standard InChI is InChI=1S/C4H4F2N2OS/c5-3-4-7-1-2-8(4)10(6)9/h1-2H,3H2. The molecule has 0 saturated heterocycles. The lowest BCUT2D eigenvalue weighted by atomic mass is 10.7. The zero-order valence-electron chi connectivity index (χ0n) is 4.83. The highest BCUT2D eigenvalue weighted by atomic mass is 32.2. The van der Waals surface area contributed by atoms with Crippen molar-refractivity contribution < 1.29 is 12.5 Å². The van der Waals surface area contributed by atoms with Crippen LogP contribution in [0.5, 0.6) is 0 Å². The van der Waals surface area contributed by atoms with Gasteiger partial charge in [-0.1, -0.05) is 0 Å². The van der Waals surface area contributed by atoms with Crippen LogP contribution in [0.15, 0.2) is 12.4 Å². The number of halogens is 2. The summed E-state index contributed by atoms with van der Waals surface area (Å²) in [5.41, 5.74) is 0. The third-order valence-corrected chi connectivity index (χ3v) is 1.60. The molecule has 0 aliphatic carbocycles. The van der Waals surface area contributed by atoms with E-state index < -0.39 is 18.0 Å². The monoisotopic (exact) mass is 166 g/mol. The van der Waals surface area contributed by atoms with Gasteiger partial charge in [0.1, 0.15) is 6.67 Å². The summed E-state index contributed by atoms with van der Waals surface area (Å²) >= 11 is -2.70. The zero-order valence-corrected chi connectivity index (χ0v) is 5.65. The van der Waals surface area contributed by atoms with E-state index in [2.05, 4.69) is 4.98 Å². The zero-order chi connectivity index (χ0) is 7.56. The minimum Gasteiger partial charge on any atom is -0.242 e. The summed E-state index contributed by atoms with van der Waals surface area (Å²) in [6, 6.07) is 0. The third kappa shape index (κ3) is 1.21. The van der Waals surface area contributed by atoms with Gasteiger partial charge in [-0.25, -0.2) is 13.3 Å². The summed E-state index contributed by atoms with van der Waals surface area (Å²) in [6.07, 6.45) is 2.30. The lowest BCUT2D eigenvalue weighted by molar-refractivity contribution is 0.463. The molecule has 0 radical (unpaired) electrons. The van der Waals surface area contributed by atoms with Crippen LogP contribution in [0, 0.1) is 0 Å². The van der Waals surface area contributed by atoms with Gasteiger partial charge in [0.05, 0.1) is 0 Å². The SMILES string of the molecule is O=S(F)n1ccnc1CF. The average Bonchev–Trinajstić information content (AvgIpc) is 2.33. The van der Waals surface area contributed by atoms with E-state index >= 15 is 0 Å². The van der Waals surface area contributed by atoms with Gasteiger partial charge in [0, 0.05) is 12.4 Å². The number of rotatable bonds is 2. The van der Waals surface area contributed by atoms with Gasteiger partial charge in [0.15, 0.2) is 5.82 Å². The van der Waals surface area contributed by atoms with E-state index in [1.807, 2.05) is 0 Å². The summed E-state index contributed by atoms with van der Waals surface area (Å²) in [5, 5.41) is 0. The summed E-state index contributed by atoms with van der Waals surface area (Å²) in [6.45, 7) is -0.914. The number of alkyl halides is 1. The van der Waals surface area contributed by atoms with E-state index in [0.717, 1.165) is 6.20 Å². The molecule has 0 amide bonds. The molecule has 56 valence electrons. The van der Waals surface area contributed by atoms with Gasteiger partial charge in [-0.2, -0.15) is 4.21 Å². The quantitative estimate of drug-likeness (QED) is 0.607. The van der Waals surface area contributed by atoms with Crippen molar-refractivity contribution in [3.63, 3.8) is 0 Å². The molecule has 1 rings (SSSR count). The lowest BCUT2D eigenvalue weighted by Crippen LogP contribution is -2.01. The normalized spacial score (nSPS) is 13.4. The van der Waals surface area contributed by atoms with Crippen molar-refractivity contribution in [2.24, 2.45) is 0 Å². The fraction of sp³-hybridized carbons (Fsp3) is 0.250. The highest BCUT2D eigenvalue weighted by Gasteiger charge is 2.05.